The number of fused-ring (bicyclic) bond motifs is 3. The van der Waals surface area contributed by atoms with Crippen LogP contribution in [0.1, 0.15) is 17.3 Å². The number of aromatic nitrogens is 4. The number of hydrogen-bond acceptors (Lipinski definition) is 5. The molecule has 0 aliphatic heterocycles. The molecule has 0 amide bonds. The number of thioether (sulfide) groups is 1. The van der Waals surface area contributed by atoms with Crippen LogP contribution in [-0.4, -0.2) is 30.2 Å². The predicted molar refractivity (Wildman–Crippen MR) is 102 cm³/mol. The minimum atomic E-state index is -0.459. The van der Waals surface area contributed by atoms with Gasteiger partial charge in [0.05, 0.1) is 16.2 Å². The molecule has 1 atom stereocenters. The number of benzene rings is 2. The van der Waals surface area contributed by atoms with E-state index < -0.39 is 5.25 Å². The molecular formula is C19H15FN4O2S. The molecule has 4 rings (SSSR count). The van der Waals surface area contributed by atoms with Crippen molar-refractivity contribution < 1.29 is 9.18 Å². The smallest absolute Gasteiger partial charge is 0.262 e. The molecule has 2 aromatic heterocycles. The zero-order chi connectivity index (χ0) is 19.1. The molecule has 0 aliphatic rings. The number of nitrogens with zero attached hydrogens (tertiary/aromatic N) is 4. The van der Waals surface area contributed by atoms with Crippen LogP contribution in [0.2, 0.25) is 0 Å². The molecule has 0 radical (unpaired) electrons. The zero-order valence-corrected chi connectivity index (χ0v) is 15.4. The quantitative estimate of drug-likeness (QED) is 0.401. The lowest BCUT2D eigenvalue weighted by atomic mass is 10.1. The third-order valence-corrected chi connectivity index (χ3v) is 5.42. The highest BCUT2D eigenvalue weighted by Crippen LogP contribution is 2.26. The van der Waals surface area contributed by atoms with E-state index in [0.717, 1.165) is 0 Å². The first-order chi connectivity index (χ1) is 13.0. The Balaban J connectivity index is 1.77. The van der Waals surface area contributed by atoms with Crippen LogP contribution in [0.25, 0.3) is 16.7 Å². The molecule has 0 saturated heterocycles. The Bertz CT molecular complexity index is 1230. The summed E-state index contributed by atoms with van der Waals surface area (Å²) in [6.45, 7) is 1.77. The van der Waals surface area contributed by atoms with Crippen molar-refractivity contribution in [1.82, 2.24) is 19.2 Å². The van der Waals surface area contributed by atoms with E-state index in [4.69, 9.17) is 0 Å². The molecular weight excluding hydrogens is 367 g/mol. The van der Waals surface area contributed by atoms with Gasteiger partial charge >= 0.3 is 0 Å². The van der Waals surface area contributed by atoms with Crippen molar-refractivity contribution in [3.63, 3.8) is 0 Å². The maximum Gasteiger partial charge on any atom is 0.262 e. The molecule has 0 aliphatic carbocycles. The second-order valence-corrected chi connectivity index (χ2v) is 7.44. The Labute approximate surface area is 157 Å². The van der Waals surface area contributed by atoms with Gasteiger partial charge in [0.25, 0.3) is 5.56 Å². The van der Waals surface area contributed by atoms with Crippen molar-refractivity contribution in [1.29, 1.82) is 0 Å². The molecule has 136 valence electrons. The number of rotatable bonds is 4. The van der Waals surface area contributed by atoms with E-state index in [2.05, 4.69) is 10.2 Å². The minimum Gasteiger partial charge on any atom is -0.293 e. The number of halogens is 1. The average Bonchev–Trinajstić information content (AvgIpc) is 3.10. The molecule has 0 fully saturated rings. The van der Waals surface area contributed by atoms with Crippen molar-refractivity contribution in [2.24, 2.45) is 7.05 Å². The van der Waals surface area contributed by atoms with Crippen LogP contribution < -0.4 is 5.56 Å². The molecule has 0 spiro atoms. The number of para-hydroxylation sites is 1. The zero-order valence-electron chi connectivity index (χ0n) is 14.6. The van der Waals surface area contributed by atoms with E-state index >= 15 is 0 Å². The van der Waals surface area contributed by atoms with Crippen molar-refractivity contribution in [2.75, 3.05) is 0 Å². The number of ketones is 1. The minimum absolute atomic E-state index is 0.133. The van der Waals surface area contributed by atoms with Crippen molar-refractivity contribution in [3.05, 3.63) is 70.3 Å². The third kappa shape index (κ3) is 2.91. The van der Waals surface area contributed by atoms with Gasteiger partial charge < -0.3 is 0 Å². The highest BCUT2D eigenvalue weighted by atomic mass is 32.2. The van der Waals surface area contributed by atoms with E-state index in [-0.39, 0.29) is 17.2 Å². The van der Waals surface area contributed by atoms with Gasteiger partial charge in [-0.2, -0.15) is 0 Å². The molecule has 2 aromatic carbocycles. The van der Waals surface area contributed by atoms with E-state index in [1.54, 1.807) is 30.5 Å². The SMILES string of the molecule is CC(Sc1nnc2n(C)c(=O)c3ccccc3n12)C(=O)c1ccc(F)cc1. The largest absolute Gasteiger partial charge is 0.293 e. The Morgan fingerprint density at radius 2 is 1.81 bits per heavy atom. The highest BCUT2D eigenvalue weighted by molar-refractivity contribution is 8.00. The molecule has 0 bridgehead atoms. The molecule has 4 aromatic rings. The average molecular weight is 382 g/mol. The summed E-state index contributed by atoms with van der Waals surface area (Å²) in [6.07, 6.45) is 0. The first-order valence-electron chi connectivity index (χ1n) is 8.26. The third-order valence-electron chi connectivity index (χ3n) is 4.38. The van der Waals surface area contributed by atoms with Gasteiger partial charge in [0.1, 0.15) is 5.82 Å². The second-order valence-electron chi connectivity index (χ2n) is 6.13. The fourth-order valence-corrected chi connectivity index (χ4v) is 3.88. The van der Waals surface area contributed by atoms with E-state index in [0.29, 0.717) is 27.4 Å². The Hall–Kier alpha value is -3.00. The molecule has 0 N–H and O–H groups in total. The van der Waals surface area contributed by atoms with Crippen molar-refractivity contribution in [3.8, 4) is 0 Å². The molecule has 0 saturated carbocycles. The number of hydrogen-bond donors (Lipinski definition) is 0. The van der Waals surface area contributed by atoms with Crippen LogP contribution in [0.4, 0.5) is 4.39 Å². The Morgan fingerprint density at radius 3 is 2.56 bits per heavy atom. The summed E-state index contributed by atoms with van der Waals surface area (Å²) >= 11 is 1.25. The van der Waals surface area contributed by atoms with Gasteiger partial charge in [0.2, 0.25) is 5.78 Å². The number of Topliss-reactive ketones (excluding diaryl/α,β-unsaturated/α-hetero) is 1. The standard InChI is InChI=1S/C19H15FN4O2S/c1-11(16(25)12-7-9-13(20)10-8-12)27-19-22-21-18-23(2)17(26)14-5-3-4-6-15(14)24(18)19/h3-11H,1-2H3. The fraction of sp³-hybridized carbons (Fsp3) is 0.158. The van der Waals surface area contributed by atoms with E-state index in [9.17, 15) is 14.0 Å². The summed E-state index contributed by atoms with van der Waals surface area (Å²) in [5, 5.41) is 8.90. The number of carbonyl (C=O) groups is 1. The van der Waals surface area contributed by atoms with Gasteiger partial charge in [-0.15, -0.1) is 10.2 Å². The highest BCUT2D eigenvalue weighted by Gasteiger charge is 2.21. The normalized spacial score (nSPS) is 12.6. The lowest BCUT2D eigenvalue weighted by Crippen LogP contribution is -2.20. The molecule has 1 unspecified atom stereocenters. The Morgan fingerprint density at radius 1 is 1.11 bits per heavy atom. The topological polar surface area (TPSA) is 69.3 Å². The molecule has 2 heterocycles. The first kappa shape index (κ1) is 17.4. The van der Waals surface area contributed by atoms with Gasteiger partial charge in [-0.1, -0.05) is 23.9 Å². The van der Waals surface area contributed by atoms with Crippen LogP contribution in [0, 0.1) is 5.82 Å². The summed E-state index contributed by atoms with van der Waals surface area (Å²) < 4.78 is 16.3. The summed E-state index contributed by atoms with van der Waals surface area (Å²) in [5.74, 6) is -0.115. The lowest BCUT2D eigenvalue weighted by molar-refractivity contribution is 0.0994. The molecule has 27 heavy (non-hydrogen) atoms. The van der Waals surface area contributed by atoms with Crippen LogP contribution in [0.3, 0.4) is 0 Å². The van der Waals surface area contributed by atoms with Gasteiger partial charge in [0, 0.05) is 12.6 Å². The van der Waals surface area contributed by atoms with Gasteiger partial charge in [-0.3, -0.25) is 18.6 Å². The monoisotopic (exact) mass is 382 g/mol. The first-order valence-corrected chi connectivity index (χ1v) is 9.14. The number of carbonyl (C=O) groups excluding carboxylic acids is 1. The maximum atomic E-state index is 13.1. The second kappa shape index (κ2) is 6.62. The molecule has 6 nitrogen and oxygen atoms in total. The van der Waals surface area contributed by atoms with Crippen LogP contribution in [0.15, 0.2) is 58.5 Å². The van der Waals surface area contributed by atoms with Crippen LogP contribution >= 0.6 is 11.8 Å². The number of aryl methyl sites for hydroxylation is 1. The van der Waals surface area contributed by atoms with E-state index in [1.165, 1.54) is 40.6 Å². The van der Waals surface area contributed by atoms with Gasteiger partial charge in [-0.05, 0) is 43.3 Å². The van der Waals surface area contributed by atoms with Gasteiger partial charge in [0.15, 0.2) is 10.9 Å². The summed E-state index contributed by atoms with van der Waals surface area (Å²) in [6, 6.07) is 12.7. The molecule has 8 heteroatoms. The van der Waals surface area contributed by atoms with Crippen LogP contribution in [-0.2, 0) is 7.05 Å². The van der Waals surface area contributed by atoms with Gasteiger partial charge in [-0.25, -0.2) is 4.39 Å². The lowest BCUT2D eigenvalue weighted by Gasteiger charge is -2.11. The summed E-state index contributed by atoms with van der Waals surface area (Å²) in [7, 11) is 1.64. The van der Waals surface area contributed by atoms with Crippen molar-refractivity contribution in [2.45, 2.75) is 17.3 Å². The fourth-order valence-electron chi connectivity index (χ4n) is 2.95. The Kier molecular flexibility index (Phi) is 4.27. The predicted octanol–water partition coefficient (Wildman–Crippen LogP) is 3.08. The maximum absolute atomic E-state index is 13.1. The summed E-state index contributed by atoms with van der Waals surface area (Å²) in [4.78, 5) is 25.1. The van der Waals surface area contributed by atoms with Crippen LogP contribution in [0.5, 0.6) is 0 Å². The van der Waals surface area contributed by atoms with Crippen molar-refractivity contribution >= 4 is 34.2 Å². The summed E-state index contributed by atoms with van der Waals surface area (Å²) in [5.41, 5.74) is 0.962. The van der Waals surface area contributed by atoms with E-state index in [1.807, 2.05) is 12.1 Å².